The third-order valence-corrected chi connectivity index (χ3v) is 2.82. The van der Waals surface area contributed by atoms with Gasteiger partial charge < -0.3 is 4.90 Å². The van der Waals surface area contributed by atoms with E-state index in [-0.39, 0.29) is 0 Å². The standard InChI is InChI=1S/C13H15NO4/c15-10-11-5-4-6-12(9-11)17-18-13(16)14-7-2-1-3-8-14/h4-6,9-10H,1-3,7-8H2. The first kappa shape index (κ1) is 12.4. The molecule has 0 atom stereocenters. The zero-order valence-corrected chi connectivity index (χ0v) is 10.0. The number of hydrogen-bond acceptors (Lipinski definition) is 4. The number of nitrogens with zero attached hydrogens (tertiary/aromatic N) is 1. The smallest absolute Gasteiger partial charge is 0.305 e. The molecule has 1 amide bonds. The molecule has 0 bridgehead atoms. The molecule has 0 saturated carbocycles. The maximum atomic E-state index is 11.6. The lowest BCUT2D eigenvalue weighted by atomic mass is 10.1. The Morgan fingerprint density at radius 3 is 2.72 bits per heavy atom. The highest BCUT2D eigenvalue weighted by Crippen LogP contribution is 2.14. The predicted molar refractivity (Wildman–Crippen MR) is 64.4 cm³/mol. The van der Waals surface area contributed by atoms with Crippen molar-refractivity contribution in [1.82, 2.24) is 4.90 Å². The average Bonchev–Trinajstić information content (AvgIpc) is 2.46. The maximum absolute atomic E-state index is 11.6. The van der Waals surface area contributed by atoms with Gasteiger partial charge in [-0.1, -0.05) is 12.1 Å². The highest BCUT2D eigenvalue weighted by Gasteiger charge is 2.19. The lowest BCUT2D eigenvalue weighted by molar-refractivity contribution is -0.154. The van der Waals surface area contributed by atoms with E-state index in [4.69, 9.17) is 9.78 Å². The van der Waals surface area contributed by atoms with Gasteiger partial charge in [-0.3, -0.25) is 9.68 Å². The topological polar surface area (TPSA) is 55.8 Å². The lowest BCUT2D eigenvalue weighted by Crippen LogP contribution is -2.36. The summed E-state index contributed by atoms with van der Waals surface area (Å²) in [5.74, 6) is 0.338. The molecule has 0 N–H and O–H groups in total. The van der Waals surface area contributed by atoms with E-state index in [1.165, 1.54) is 6.07 Å². The Hall–Kier alpha value is -2.04. The molecule has 0 aliphatic carbocycles. The lowest BCUT2D eigenvalue weighted by Gasteiger charge is -2.24. The molecule has 1 heterocycles. The SMILES string of the molecule is O=Cc1cccc(OOC(=O)N2CCCCC2)c1. The summed E-state index contributed by atoms with van der Waals surface area (Å²) in [6.45, 7) is 1.41. The van der Waals surface area contributed by atoms with E-state index in [0.717, 1.165) is 19.3 Å². The van der Waals surface area contributed by atoms with Crippen molar-refractivity contribution in [2.24, 2.45) is 0 Å². The van der Waals surface area contributed by atoms with Crippen molar-refractivity contribution < 1.29 is 19.4 Å². The summed E-state index contributed by atoms with van der Waals surface area (Å²) in [6.07, 6.45) is 3.36. The third kappa shape index (κ3) is 3.23. The van der Waals surface area contributed by atoms with Gasteiger partial charge in [-0.15, -0.1) is 0 Å². The van der Waals surface area contributed by atoms with Crippen LogP contribution in [0.25, 0.3) is 0 Å². The van der Waals surface area contributed by atoms with Gasteiger partial charge in [0.2, 0.25) is 0 Å². The summed E-state index contributed by atoms with van der Waals surface area (Å²) >= 11 is 0. The van der Waals surface area contributed by atoms with E-state index in [1.807, 2.05) is 0 Å². The predicted octanol–water partition coefficient (Wildman–Crippen LogP) is 2.42. The molecule has 5 heteroatoms. The molecular formula is C13H15NO4. The van der Waals surface area contributed by atoms with Crippen LogP contribution in [0.15, 0.2) is 24.3 Å². The van der Waals surface area contributed by atoms with Crippen LogP contribution in [-0.2, 0) is 4.89 Å². The highest BCUT2D eigenvalue weighted by molar-refractivity contribution is 5.75. The Bertz CT molecular complexity index is 427. The Kier molecular flexibility index (Phi) is 4.17. The van der Waals surface area contributed by atoms with E-state index in [9.17, 15) is 9.59 Å². The second-order valence-electron chi connectivity index (χ2n) is 4.17. The third-order valence-electron chi connectivity index (χ3n) is 2.82. The van der Waals surface area contributed by atoms with Gasteiger partial charge >= 0.3 is 6.09 Å². The molecule has 2 rings (SSSR count). The van der Waals surface area contributed by atoms with E-state index in [0.29, 0.717) is 30.7 Å². The summed E-state index contributed by atoms with van der Waals surface area (Å²) in [4.78, 5) is 33.5. The van der Waals surface area contributed by atoms with Crippen LogP contribution in [-0.4, -0.2) is 30.4 Å². The quantitative estimate of drug-likeness (QED) is 0.469. The van der Waals surface area contributed by atoms with Crippen molar-refractivity contribution in [2.45, 2.75) is 19.3 Å². The van der Waals surface area contributed by atoms with Gasteiger partial charge in [-0.05, 0) is 31.4 Å². The zero-order chi connectivity index (χ0) is 12.8. The number of benzene rings is 1. The van der Waals surface area contributed by atoms with Gasteiger partial charge in [-0.25, -0.2) is 9.68 Å². The summed E-state index contributed by atoms with van der Waals surface area (Å²) < 4.78 is 0. The van der Waals surface area contributed by atoms with Gasteiger partial charge in [0.15, 0.2) is 5.75 Å². The number of carbonyl (C=O) groups excluding carboxylic acids is 2. The minimum absolute atomic E-state index is 0.338. The van der Waals surface area contributed by atoms with Gasteiger partial charge in [0.1, 0.15) is 6.29 Å². The summed E-state index contributed by atoms with van der Waals surface area (Å²) in [7, 11) is 0. The average molecular weight is 249 g/mol. The Balaban J connectivity index is 1.86. The first-order valence-electron chi connectivity index (χ1n) is 5.98. The molecule has 1 saturated heterocycles. The fraction of sp³-hybridized carbons (Fsp3) is 0.385. The van der Waals surface area contributed by atoms with Crippen molar-refractivity contribution in [2.75, 3.05) is 13.1 Å². The van der Waals surface area contributed by atoms with Gasteiger partial charge in [0.25, 0.3) is 0 Å². The van der Waals surface area contributed by atoms with Gasteiger partial charge in [0.05, 0.1) is 0 Å². The highest BCUT2D eigenvalue weighted by atomic mass is 17.2. The molecule has 96 valence electrons. The molecule has 0 aromatic heterocycles. The van der Waals surface area contributed by atoms with Crippen LogP contribution in [0.5, 0.6) is 5.75 Å². The van der Waals surface area contributed by atoms with Crippen LogP contribution in [0.2, 0.25) is 0 Å². The van der Waals surface area contributed by atoms with E-state index in [1.54, 1.807) is 23.1 Å². The number of hydrogen-bond donors (Lipinski definition) is 0. The molecule has 0 radical (unpaired) electrons. The Morgan fingerprint density at radius 1 is 1.22 bits per heavy atom. The van der Waals surface area contributed by atoms with Crippen LogP contribution in [0.1, 0.15) is 29.6 Å². The second-order valence-corrected chi connectivity index (χ2v) is 4.17. The summed E-state index contributed by atoms with van der Waals surface area (Å²) in [5, 5.41) is 0. The van der Waals surface area contributed by atoms with Crippen molar-refractivity contribution >= 4 is 12.4 Å². The molecule has 1 aromatic rings. The minimum Gasteiger partial charge on any atom is -0.305 e. The first-order chi connectivity index (χ1) is 8.79. The largest absolute Gasteiger partial charge is 0.452 e. The number of amides is 1. The van der Waals surface area contributed by atoms with E-state index >= 15 is 0 Å². The second kappa shape index (κ2) is 6.05. The first-order valence-corrected chi connectivity index (χ1v) is 5.98. The number of rotatable bonds is 3. The van der Waals surface area contributed by atoms with E-state index in [2.05, 4.69) is 0 Å². The molecule has 1 aliphatic rings. The van der Waals surface area contributed by atoms with Crippen LogP contribution in [0, 0.1) is 0 Å². The van der Waals surface area contributed by atoms with Crippen LogP contribution >= 0.6 is 0 Å². The fourth-order valence-corrected chi connectivity index (χ4v) is 1.85. The number of carbonyl (C=O) groups is 2. The molecule has 5 nitrogen and oxygen atoms in total. The van der Waals surface area contributed by atoms with Crippen molar-refractivity contribution in [1.29, 1.82) is 0 Å². The van der Waals surface area contributed by atoms with Crippen molar-refractivity contribution in [3.8, 4) is 5.75 Å². The maximum Gasteiger partial charge on any atom is 0.452 e. The number of piperidine rings is 1. The monoisotopic (exact) mass is 249 g/mol. The van der Waals surface area contributed by atoms with Crippen molar-refractivity contribution in [3.63, 3.8) is 0 Å². The zero-order valence-electron chi connectivity index (χ0n) is 10.0. The van der Waals surface area contributed by atoms with Crippen LogP contribution in [0.4, 0.5) is 4.79 Å². The summed E-state index contributed by atoms with van der Waals surface area (Å²) in [5.41, 5.74) is 0.474. The molecule has 1 aromatic carbocycles. The van der Waals surface area contributed by atoms with Crippen molar-refractivity contribution in [3.05, 3.63) is 29.8 Å². The molecule has 1 fully saturated rings. The fourth-order valence-electron chi connectivity index (χ4n) is 1.85. The molecule has 0 spiro atoms. The van der Waals surface area contributed by atoms with E-state index < -0.39 is 6.09 Å². The molecular weight excluding hydrogens is 234 g/mol. The Labute approximate surface area is 105 Å². The molecule has 18 heavy (non-hydrogen) atoms. The molecule has 1 aliphatic heterocycles. The van der Waals surface area contributed by atoms with Gasteiger partial charge in [-0.2, -0.15) is 0 Å². The Morgan fingerprint density at radius 2 is 2.00 bits per heavy atom. The van der Waals surface area contributed by atoms with Crippen LogP contribution in [0.3, 0.4) is 0 Å². The normalized spacial score (nSPS) is 15.0. The minimum atomic E-state index is -0.480. The molecule has 0 unspecified atom stereocenters. The number of aldehydes is 1. The summed E-state index contributed by atoms with van der Waals surface area (Å²) in [6, 6.07) is 6.44. The van der Waals surface area contributed by atoms with Gasteiger partial charge in [0, 0.05) is 18.7 Å². The van der Waals surface area contributed by atoms with Crippen LogP contribution < -0.4 is 4.89 Å². The number of likely N-dealkylation sites (tertiary alicyclic amines) is 1.